The molecule has 3 rings (SSSR count). The fraction of sp³-hybridized carbons (Fsp3) is 0.250. The van der Waals surface area contributed by atoms with Gasteiger partial charge in [-0.3, -0.25) is 4.89 Å². The topological polar surface area (TPSA) is 136 Å². The van der Waals surface area contributed by atoms with E-state index in [2.05, 4.69) is 0 Å². The molecule has 1 fully saturated rings. The number of ether oxygens (including phenoxy) is 2. The van der Waals surface area contributed by atoms with Gasteiger partial charge in [0.1, 0.15) is 22.6 Å². The van der Waals surface area contributed by atoms with Gasteiger partial charge in [0.25, 0.3) is 0 Å². The zero-order valence-electron chi connectivity index (χ0n) is 14.0. The van der Waals surface area contributed by atoms with E-state index in [1.165, 1.54) is 0 Å². The first-order valence-corrected chi connectivity index (χ1v) is 9.07. The SMILES string of the molecule is C1COCCO1.N=[N+]=N.O=P(O)(Oc1ccccc1)Oc1ccccc1. The van der Waals surface area contributed by atoms with E-state index in [1.807, 2.05) is 4.91 Å². The van der Waals surface area contributed by atoms with E-state index in [4.69, 9.17) is 29.6 Å². The van der Waals surface area contributed by atoms with Crippen molar-refractivity contribution >= 4 is 7.82 Å². The molecule has 0 atom stereocenters. The Bertz CT molecular complexity index is 635. The molecule has 1 aliphatic rings. The van der Waals surface area contributed by atoms with Gasteiger partial charge in [0.15, 0.2) is 0 Å². The van der Waals surface area contributed by atoms with Crippen LogP contribution in [-0.4, -0.2) is 31.3 Å². The normalized spacial score (nSPS) is 13.0. The van der Waals surface area contributed by atoms with Crippen LogP contribution in [0.1, 0.15) is 0 Å². The molecule has 10 heteroatoms. The first-order valence-electron chi connectivity index (χ1n) is 7.58. The lowest BCUT2D eigenvalue weighted by atomic mass is 10.3. The lowest BCUT2D eigenvalue weighted by Crippen LogP contribution is -2.16. The molecule has 1 heterocycles. The second-order valence-corrected chi connectivity index (χ2v) is 5.92. The molecule has 0 radical (unpaired) electrons. The fourth-order valence-electron chi connectivity index (χ4n) is 1.69. The first-order chi connectivity index (χ1) is 12.6. The summed E-state index contributed by atoms with van der Waals surface area (Å²) in [6, 6.07) is 16.7. The molecule has 3 N–H and O–H groups in total. The van der Waals surface area contributed by atoms with Crippen LogP contribution in [0.25, 0.3) is 0 Å². The molecule has 0 aliphatic carbocycles. The zero-order valence-corrected chi connectivity index (χ0v) is 14.9. The van der Waals surface area contributed by atoms with Crippen molar-refractivity contribution < 1.29 is 28.0 Å². The highest BCUT2D eigenvalue weighted by molar-refractivity contribution is 7.48. The average Bonchev–Trinajstić information content (AvgIpc) is 2.65. The van der Waals surface area contributed by atoms with Crippen molar-refractivity contribution in [1.29, 1.82) is 11.1 Å². The third-order valence-electron chi connectivity index (χ3n) is 2.67. The van der Waals surface area contributed by atoms with Crippen molar-refractivity contribution in [3.05, 3.63) is 60.7 Å². The van der Waals surface area contributed by atoms with Crippen LogP contribution in [0.2, 0.25) is 0 Å². The molecule has 0 bridgehead atoms. The maximum absolute atomic E-state index is 11.7. The van der Waals surface area contributed by atoms with Gasteiger partial charge in [-0.2, -0.15) is 0 Å². The largest absolute Gasteiger partial charge is 0.584 e. The van der Waals surface area contributed by atoms with E-state index in [9.17, 15) is 9.46 Å². The van der Waals surface area contributed by atoms with E-state index in [0.29, 0.717) is 0 Å². The minimum absolute atomic E-state index is 0.286. The van der Waals surface area contributed by atoms with Gasteiger partial charge in [0, 0.05) is 0 Å². The van der Waals surface area contributed by atoms with E-state index in [-0.39, 0.29) is 11.5 Å². The molecule has 9 nitrogen and oxygen atoms in total. The number of nitrogens with zero attached hydrogens (tertiary/aromatic N) is 1. The molecular formula is C16H21N3O6P+. The van der Waals surface area contributed by atoms with Gasteiger partial charge < -0.3 is 18.5 Å². The number of hydrogen-bond donors (Lipinski definition) is 3. The molecule has 0 saturated carbocycles. The van der Waals surface area contributed by atoms with Gasteiger partial charge in [0.05, 0.1) is 26.4 Å². The Hall–Kier alpha value is -2.54. The van der Waals surface area contributed by atoms with Crippen molar-refractivity contribution in [3.63, 3.8) is 0 Å². The number of para-hydroxylation sites is 2. The molecule has 26 heavy (non-hydrogen) atoms. The molecular weight excluding hydrogens is 361 g/mol. The van der Waals surface area contributed by atoms with Crippen LogP contribution in [0.4, 0.5) is 0 Å². The summed E-state index contributed by atoms with van der Waals surface area (Å²) in [5.41, 5.74) is 11.0. The fourth-order valence-corrected chi connectivity index (χ4v) is 2.50. The molecule has 0 aromatic heterocycles. The van der Waals surface area contributed by atoms with Crippen LogP contribution in [0, 0.1) is 11.1 Å². The first kappa shape index (κ1) is 21.5. The van der Waals surface area contributed by atoms with E-state index in [1.54, 1.807) is 60.7 Å². The van der Waals surface area contributed by atoms with E-state index < -0.39 is 7.82 Å². The highest BCUT2D eigenvalue weighted by Crippen LogP contribution is 2.44. The predicted molar refractivity (Wildman–Crippen MR) is 93.2 cm³/mol. The maximum Gasteiger partial charge on any atom is 0.584 e. The number of hydrogen-bond acceptors (Lipinski definition) is 7. The summed E-state index contributed by atoms with van der Waals surface area (Å²) < 4.78 is 31.3. The van der Waals surface area contributed by atoms with Crippen LogP contribution in [0.3, 0.4) is 0 Å². The third kappa shape index (κ3) is 10.4. The second-order valence-electron chi connectivity index (χ2n) is 4.61. The van der Waals surface area contributed by atoms with Gasteiger partial charge in [-0.05, 0) is 24.3 Å². The molecule has 0 unspecified atom stereocenters. The maximum atomic E-state index is 11.7. The van der Waals surface area contributed by atoms with E-state index >= 15 is 0 Å². The van der Waals surface area contributed by atoms with Gasteiger partial charge >= 0.3 is 7.82 Å². The van der Waals surface area contributed by atoms with Gasteiger partial charge in [0.2, 0.25) is 4.91 Å². The van der Waals surface area contributed by atoms with Crippen LogP contribution in [0.15, 0.2) is 60.7 Å². The summed E-state index contributed by atoms with van der Waals surface area (Å²) in [6.45, 7) is 3.11. The Kier molecular flexibility index (Phi) is 10.6. The third-order valence-corrected chi connectivity index (χ3v) is 3.56. The summed E-state index contributed by atoms with van der Waals surface area (Å²) in [7, 11) is -4.14. The van der Waals surface area contributed by atoms with Crippen LogP contribution >= 0.6 is 7.82 Å². The molecule has 1 saturated heterocycles. The number of phosphoric ester groups is 1. The summed E-state index contributed by atoms with van der Waals surface area (Å²) >= 11 is 0. The molecule has 0 amide bonds. The number of rotatable bonds is 4. The quantitative estimate of drug-likeness (QED) is 0.421. The second kappa shape index (κ2) is 12.8. The van der Waals surface area contributed by atoms with Crippen molar-refractivity contribution in [1.82, 2.24) is 4.91 Å². The van der Waals surface area contributed by atoms with Crippen molar-refractivity contribution in [2.24, 2.45) is 0 Å². The van der Waals surface area contributed by atoms with Crippen molar-refractivity contribution in [2.75, 3.05) is 26.4 Å². The van der Waals surface area contributed by atoms with Crippen molar-refractivity contribution in [3.8, 4) is 11.5 Å². The minimum atomic E-state index is -4.14. The van der Waals surface area contributed by atoms with Crippen LogP contribution in [0.5, 0.6) is 11.5 Å². The van der Waals surface area contributed by atoms with Gasteiger partial charge in [-0.15, -0.1) is 0 Å². The summed E-state index contributed by atoms with van der Waals surface area (Å²) in [6.07, 6.45) is 0. The average molecular weight is 382 g/mol. The Morgan fingerprint density at radius 2 is 1.12 bits per heavy atom. The molecule has 1 aliphatic heterocycles. The van der Waals surface area contributed by atoms with Crippen molar-refractivity contribution in [2.45, 2.75) is 0 Å². The monoisotopic (exact) mass is 382 g/mol. The Morgan fingerprint density at radius 1 is 0.808 bits per heavy atom. The predicted octanol–water partition coefficient (Wildman–Crippen LogP) is 3.39. The van der Waals surface area contributed by atoms with E-state index in [0.717, 1.165) is 26.4 Å². The van der Waals surface area contributed by atoms with Gasteiger partial charge in [-0.1, -0.05) is 36.4 Å². The Labute approximate surface area is 151 Å². The smallest absolute Gasteiger partial charge is 0.395 e. The standard InChI is InChI=1S/C12H11O4P.C4H8O2.H2N3/c13-17(14,15-11-7-3-1-4-8-11)16-12-9-5-2-6-10-12;1-2-6-4-3-5-1;1-3-2/h1-10H,(H,13,14);1-4H2;1-2H/q;;+1. The highest BCUT2D eigenvalue weighted by Gasteiger charge is 2.24. The molecule has 2 aromatic carbocycles. The van der Waals surface area contributed by atoms with Crippen LogP contribution < -0.4 is 14.0 Å². The lowest BCUT2D eigenvalue weighted by Gasteiger charge is -2.13. The summed E-state index contributed by atoms with van der Waals surface area (Å²) in [4.78, 5) is 11.5. The zero-order chi connectivity index (χ0) is 19.1. The molecule has 2 aromatic rings. The Balaban J connectivity index is 0.000000310. The molecule has 0 spiro atoms. The number of nitrogens with one attached hydrogen (secondary N) is 2. The van der Waals surface area contributed by atoms with Gasteiger partial charge in [-0.25, -0.2) is 4.57 Å². The Morgan fingerprint density at radius 3 is 1.38 bits per heavy atom. The summed E-state index contributed by atoms with van der Waals surface area (Å²) in [5.74, 6) is 0.573. The highest BCUT2D eigenvalue weighted by atomic mass is 31.2. The summed E-state index contributed by atoms with van der Waals surface area (Å²) in [5, 5.41) is 0. The minimum Gasteiger partial charge on any atom is -0.395 e. The number of phosphoric acid groups is 1. The lowest BCUT2D eigenvalue weighted by molar-refractivity contribution is -0.0334. The van der Waals surface area contributed by atoms with Crippen LogP contribution in [-0.2, 0) is 14.0 Å². The molecule has 140 valence electrons. The number of benzene rings is 2.